The van der Waals surface area contributed by atoms with Gasteiger partial charge in [-0.1, -0.05) is 12.1 Å². The fraction of sp³-hybridized carbons (Fsp3) is 0.333. The number of nitriles is 1. The number of hydrogen-bond donors (Lipinski definition) is 1. The van der Waals surface area contributed by atoms with Crippen molar-refractivity contribution >= 4 is 5.91 Å². The minimum Gasteiger partial charge on any atom is -0.337 e. The molecule has 0 spiro atoms. The van der Waals surface area contributed by atoms with Crippen LogP contribution in [0.15, 0.2) is 24.3 Å². The van der Waals surface area contributed by atoms with Crippen LogP contribution in [-0.2, 0) is 4.79 Å². The quantitative estimate of drug-likeness (QED) is 0.752. The zero-order valence-corrected chi connectivity index (χ0v) is 9.05. The van der Waals surface area contributed by atoms with Crippen molar-refractivity contribution in [3.63, 3.8) is 0 Å². The summed E-state index contributed by atoms with van der Waals surface area (Å²) in [5, 5.41) is 8.70. The maximum Gasteiger partial charge on any atom is 0.224 e. The third-order valence-corrected chi connectivity index (χ3v) is 3.01. The summed E-state index contributed by atoms with van der Waals surface area (Å²) in [6.07, 6.45) is 0.390. The number of nitrogens with two attached hydrogens (primary N) is 1. The lowest BCUT2D eigenvalue weighted by atomic mass is 10.00. The molecule has 2 atom stereocenters. The Labute approximate surface area is 94.3 Å². The van der Waals surface area contributed by atoms with Crippen molar-refractivity contribution in [1.82, 2.24) is 4.90 Å². The largest absolute Gasteiger partial charge is 0.337 e. The second kappa shape index (κ2) is 3.95. The van der Waals surface area contributed by atoms with Crippen molar-refractivity contribution in [2.24, 2.45) is 5.73 Å². The standard InChI is InChI=1S/C12H13N3O/c1-15-11(16)6-10(14)12(15)9-4-2-8(7-13)3-5-9/h2-5,10,12H,6,14H2,1H3. The van der Waals surface area contributed by atoms with Gasteiger partial charge in [-0.05, 0) is 17.7 Å². The summed E-state index contributed by atoms with van der Waals surface area (Å²) in [6.45, 7) is 0. The van der Waals surface area contributed by atoms with Gasteiger partial charge in [0.15, 0.2) is 0 Å². The van der Waals surface area contributed by atoms with Gasteiger partial charge in [-0.15, -0.1) is 0 Å². The van der Waals surface area contributed by atoms with E-state index >= 15 is 0 Å². The van der Waals surface area contributed by atoms with E-state index in [0.29, 0.717) is 12.0 Å². The average molecular weight is 215 g/mol. The summed E-state index contributed by atoms with van der Waals surface area (Å²) in [4.78, 5) is 13.2. The molecule has 2 rings (SSSR count). The Morgan fingerprint density at radius 2 is 2.06 bits per heavy atom. The van der Waals surface area contributed by atoms with E-state index in [1.165, 1.54) is 0 Å². The van der Waals surface area contributed by atoms with Crippen LogP contribution in [-0.4, -0.2) is 23.9 Å². The van der Waals surface area contributed by atoms with Crippen LogP contribution >= 0.6 is 0 Å². The van der Waals surface area contributed by atoms with Gasteiger partial charge in [0, 0.05) is 19.5 Å². The van der Waals surface area contributed by atoms with Crippen LogP contribution in [0.2, 0.25) is 0 Å². The number of carbonyl (C=O) groups excluding carboxylic acids is 1. The number of rotatable bonds is 1. The molecule has 4 heteroatoms. The van der Waals surface area contributed by atoms with E-state index in [0.717, 1.165) is 5.56 Å². The lowest BCUT2D eigenvalue weighted by Crippen LogP contribution is -2.30. The minimum absolute atomic E-state index is 0.0692. The van der Waals surface area contributed by atoms with Crippen molar-refractivity contribution in [2.75, 3.05) is 7.05 Å². The van der Waals surface area contributed by atoms with Gasteiger partial charge in [-0.25, -0.2) is 0 Å². The molecular formula is C12H13N3O. The molecular weight excluding hydrogens is 202 g/mol. The topological polar surface area (TPSA) is 70.1 Å². The summed E-state index contributed by atoms with van der Waals surface area (Å²) in [5.41, 5.74) is 7.54. The van der Waals surface area contributed by atoms with Crippen molar-refractivity contribution in [1.29, 1.82) is 5.26 Å². The Morgan fingerprint density at radius 1 is 1.44 bits per heavy atom. The lowest BCUT2D eigenvalue weighted by molar-refractivity contribution is -0.127. The first kappa shape index (κ1) is 10.7. The summed E-state index contributed by atoms with van der Waals surface area (Å²) in [5.74, 6) is 0.0712. The van der Waals surface area contributed by atoms with Crippen LogP contribution in [0.5, 0.6) is 0 Å². The molecule has 1 saturated heterocycles. The third kappa shape index (κ3) is 1.66. The molecule has 0 aliphatic carbocycles. The van der Waals surface area contributed by atoms with Crippen molar-refractivity contribution in [3.8, 4) is 6.07 Å². The number of hydrogen-bond acceptors (Lipinski definition) is 3. The first-order chi connectivity index (χ1) is 7.63. The van der Waals surface area contributed by atoms with Crippen LogP contribution in [0.4, 0.5) is 0 Å². The number of likely N-dealkylation sites (N-methyl/N-ethyl adjacent to an activating group) is 1. The maximum absolute atomic E-state index is 11.5. The van der Waals surface area contributed by atoms with Crippen LogP contribution < -0.4 is 5.73 Å². The molecule has 1 aliphatic rings. The molecule has 1 aromatic rings. The van der Waals surface area contributed by atoms with E-state index in [1.807, 2.05) is 12.1 Å². The van der Waals surface area contributed by atoms with Crippen LogP contribution in [0.3, 0.4) is 0 Å². The van der Waals surface area contributed by atoms with Gasteiger partial charge in [-0.2, -0.15) is 5.26 Å². The predicted molar refractivity (Wildman–Crippen MR) is 59.3 cm³/mol. The molecule has 0 aromatic heterocycles. The van der Waals surface area contributed by atoms with E-state index in [-0.39, 0.29) is 18.0 Å². The molecule has 1 aliphatic heterocycles. The van der Waals surface area contributed by atoms with E-state index in [4.69, 9.17) is 11.0 Å². The Balaban J connectivity index is 2.30. The molecule has 16 heavy (non-hydrogen) atoms. The predicted octanol–water partition coefficient (Wildman–Crippen LogP) is 0.789. The van der Waals surface area contributed by atoms with Crippen molar-refractivity contribution < 1.29 is 4.79 Å². The van der Waals surface area contributed by atoms with Crippen LogP contribution in [0, 0.1) is 11.3 Å². The molecule has 0 bridgehead atoms. The first-order valence-corrected chi connectivity index (χ1v) is 5.15. The van der Waals surface area contributed by atoms with Crippen molar-refractivity contribution in [2.45, 2.75) is 18.5 Å². The zero-order chi connectivity index (χ0) is 11.7. The maximum atomic E-state index is 11.5. The van der Waals surface area contributed by atoms with E-state index < -0.39 is 0 Å². The van der Waals surface area contributed by atoms with Gasteiger partial charge in [0.1, 0.15) is 0 Å². The normalized spacial score (nSPS) is 24.6. The molecule has 4 nitrogen and oxygen atoms in total. The van der Waals surface area contributed by atoms with Gasteiger partial charge in [0.2, 0.25) is 5.91 Å². The minimum atomic E-state index is -0.162. The van der Waals surface area contributed by atoms with Crippen LogP contribution in [0.1, 0.15) is 23.6 Å². The smallest absolute Gasteiger partial charge is 0.224 e. The number of benzene rings is 1. The summed E-state index contributed by atoms with van der Waals surface area (Å²) in [7, 11) is 1.76. The van der Waals surface area contributed by atoms with Gasteiger partial charge in [-0.3, -0.25) is 4.79 Å². The molecule has 1 aromatic carbocycles. The zero-order valence-electron chi connectivity index (χ0n) is 9.05. The molecule has 2 N–H and O–H groups in total. The summed E-state index contributed by atoms with van der Waals surface area (Å²) in [6, 6.07) is 9.05. The molecule has 2 unspecified atom stereocenters. The van der Waals surface area contributed by atoms with Crippen molar-refractivity contribution in [3.05, 3.63) is 35.4 Å². The Kier molecular flexibility index (Phi) is 2.63. The molecule has 1 fully saturated rings. The number of amides is 1. The SMILES string of the molecule is CN1C(=O)CC(N)C1c1ccc(C#N)cc1. The summed E-state index contributed by atoms with van der Waals surface area (Å²) < 4.78 is 0. The molecule has 0 saturated carbocycles. The van der Waals surface area contributed by atoms with E-state index in [2.05, 4.69) is 6.07 Å². The van der Waals surface area contributed by atoms with Gasteiger partial charge in [0.25, 0.3) is 0 Å². The number of likely N-dealkylation sites (tertiary alicyclic amines) is 1. The number of nitrogens with zero attached hydrogens (tertiary/aromatic N) is 2. The molecule has 1 heterocycles. The monoisotopic (exact) mass is 215 g/mol. The Morgan fingerprint density at radius 3 is 2.50 bits per heavy atom. The average Bonchev–Trinajstić information content (AvgIpc) is 2.54. The molecule has 0 radical (unpaired) electrons. The van der Waals surface area contributed by atoms with E-state index in [1.54, 1.807) is 24.1 Å². The Bertz CT molecular complexity index is 446. The highest BCUT2D eigenvalue weighted by Crippen LogP contribution is 2.30. The number of carbonyl (C=O) groups is 1. The third-order valence-electron chi connectivity index (χ3n) is 3.01. The lowest BCUT2D eigenvalue weighted by Gasteiger charge is -2.23. The van der Waals surface area contributed by atoms with Crippen LogP contribution in [0.25, 0.3) is 0 Å². The molecule has 1 amide bonds. The first-order valence-electron chi connectivity index (χ1n) is 5.15. The fourth-order valence-electron chi connectivity index (χ4n) is 2.13. The second-order valence-electron chi connectivity index (χ2n) is 4.05. The highest BCUT2D eigenvalue weighted by atomic mass is 16.2. The fourth-order valence-corrected chi connectivity index (χ4v) is 2.13. The highest BCUT2D eigenvalue weighted by molar-refractivity contribution is 5.80. The Hall–Kier alpha value is -1.86. The van der Waals surface area contributed by atoms with Gasteiger partial charge in [0.05, 0.1) is 17.7 Å². The second-order valence-corrected chi connectivity index (χ2v) is 4.05. The van der Waals surface area contributed by atoms with E-state index in [9.17, 15) is 4.79 Å². The van der Waals surface area contributed by atoms with Gasteiger partial charge < -0.3 is 10.6 Å². The van der Waals surface area contributed by atoms with Gasteiger partial charge >= 0.3 is 0 Å². The highest BCUT2D eigenvalue weighted by Gasteiger charge is 2.35. The molecule has 82 valence electrons. The summed E-state index contributed by atoms with van der Waals surface area (Å²) >= 11 is 0.